The van der Waals surface area contributed by atoms with Crippen molar-refractivity contribution in [2.45, 2.75) is 39.7 Å². The van der Waals surface area contributed by atoms with Gasteiger partial charge in [-0.15, -0.1) is 0 Å². The fourth-order valence-corrected chi connectivity index (χ4v) is 3.69. The number of benzene rings is 3. The highest BCUT2D eigenvalue weighted by molar-refractivity contribution is 5.76. The quantitative estimate of drug-likeness (QED) is 0.343. The summed E-state index contributed by atoms with van der Waals surface area (Å²) in [6, 6.07) is 25.3. The maximum absolute atomic E-state index is 5.88. The van der Waals surface area contributed by atoms with Crippen LogP contribution in [0.1, 0.15) is 35.4 Å². The number of rotatable bonds is 8. The molecule has 3 aromatic carbocycles. The van der Waals surface area contributed by atoms with Gasteiger partial charge in [0.2, 0.25) is 0 Å². The van der Waals surface area contributed by atoms with Gasteiger partial charge < -0.3 is 9.30 Å². The van der Waals surface area contributed by atoms with Crippen LogP contribution in [0, 0.1) is 13.8 Å². The zero-order valence-electron chi connectivity index (χ0n) is 17.3. The molecule has 0 fully saturated rings. The molecule has 0 saturated heterocycles. The molecule has 1 heterocycles. The van der Waals surface area contributed by atoms with Crippen LogP contribution in [0.25, 0.3) is 11.0 Å². The number of aryl methyl sites for hydroxylation is 3. The fourth-order valence-electron chi connectivity index (χ4n) is 3.69. The van der Waals surface area contributed by atoms with Crippen LogP contribution in [-0.4, -0.2) is 16.2 Å². The van der Waals surface area contributed by atoms with Gasteiger partial charge in [-0.1, -0.05) is 54.1 Å². The molecule has 3 nitrogen and oxygen atoms in total. The molecule has 1 aromatic heterocycles. The van der Waals surface area contributed by atoms with Crippen LogP contribution in [0.4, 0.5) is 0 Å². The first-order valence-electron chi connectivity index (χ1n) is 10.4. The van der Waals surface area contributed by atoms with E-state index in [1.165, 1.54) is 22.2 Å². The Balaban J connectivity index is 1.43. The summed E-state index contributed by atoms with van der Waals surface area (Å²) in [6.45, 7) is 5.96. The Hall–Kier alpha value is -3.07. The van der Waals surface area contributed by atoms with Crippen molar-refractivity contribution in [3.63, 3.8) is 0 Å². The number of hydrogen-bond donors (Lipinski definition) is 0. The molecule has 0 bridgehead atoms. The predicted octanol–water partition coefficient (Wildman–Crippen LogP) is 6.10. The van der Waals surface area contributed by atoms with Gasteiger partial charge >= 0.3 is 0 Å². The minimum absolute atomic E-state index is 0.739. The molecule has 0 unspecified atom stereocenters. The SMILES string of the molecule is Cc1ccc(OCCCCn2c(Cc3ccccc3C)nc3ccccc32)cc1. The highest BCUT2D eigenvalue weighted by Crippen LogP contribution is 2.21. The van der Waals surface area contributed by atoms with Crippen LogP contribution in [0.5, 0.6) is 5.75 Å². The Morgan fingerprint density at radius 1 is 0.828 bits per heavy atom. The average Bonchev–Trinajstić information content (AvgIpc) is 3.08. The Kier molecular flexibility index (Phi) is 5.95. The maximum Gasteiger partial charge on any atom is 0.119 e. The minimum atomic E-state index is 0.739. The monoisotopic (exact) mass is 384 g/mol. The lowest BCUT2D eigenvalue weighted by Gasteiger charge is -2.11. The third-order valence-corrected chi connectivity index (χ3v) is 5.41. The summed E-state index contributed by atoms with van der Waals surface area (Å²) >= 11 is 0. The summed E-state index contributed by atoms with van der Waals surface area (Å²) in [5.74, 6) is 2.09. The Labute approximate surface area is 173 Å². The molecule has 4 rings (SSSR count). The lowest BCUT2D eigenvalue weighted by molar-refractivity contribution is 0.303. The number of aromatic nitrogens is 2. The molecule has 0 N–H and O–H groups in total. The van der Waals surface area contributed by atoms with E-state index in [2.05, 4.69) is 79.1 Å². The third kappa shape index (κ3) is 4.68. The second-order valence-electron chi connectivity index (χ2n) is 7.64. The molecule has 0 spiro atoms. The normalized spacial score (nSPS) is 11.1. The van der Waals surface area contributed by atoms with Crippen molar-refractivity contribution in [1.29, 1.82) is 0 Å². The highest BCUT2D eigenvalue weighted by atomic mass is 16.5. The first-order valence-corrected chi connectivity index (χ1v) is 10.4. The van der Waals surface area contributed by atoms with Gasteiger partial charge in [-0.2, -0.15) is 0 Å². The molecule has 0 amide bonds. The van der Waals surface area contributed by atoms with Crippen LogP contribution in [0.2, 0.25) is 0 Å². The van der Waals surface area contributed by atoms with Gasteiger partial charge in [0, 0.05) is 13.0 Å². The van der Waals surface area contributed by atoms with Crippen LogP contribution < -0.4 is 4.74 Å². The lowest BCUT2D eigenvalue weighted by atomic mass is 10.1. The molecule has 0 saturated carbocycles. The standard InChI is InChI=1S/C26H28N2O/c1-20-13-15-23(16-14-20)29-18-8-7-17-28-25-12-6-5-11-24(25)27-26(28)19-22-10-4-3-9-21(22)2/h3-6,9-16H,7-8,17-19H2,1-2H3. The van der Waals surface area contributed by atoms with E-state index in [1.807, 2.05) is 12.1 Å². The van der Waals surface area contributed by atoms with Gasteiger partial charge in [-0.25, -0.2) is 4.98 Å². The smallest absolute Gasteiger partial charge is 0.119 e. The number of hydrogen-bond acceptors (Lipinski definition) is 2. The maximum atomic E-state index is 5.88. The predicted molar refractivity (Wildman–Crippen MR) is 120 cm³/mol. The molecule has 3 heteroatoms. The van der Waals surface area contributed by atoms with Crippen molar-refractivity contribution < 1.29 is 4.74 Å². The van der Waals surface area contributed by atoms with E-state index in [4.69, 9.17) is 9.72 Å². The zero-order valence-corrected chi connectivity index (χ0v) is 17.3. The van der Waals surface area contributed by atoms with Crippen molar-refractivity contribution >= 4 is 11.0 Å². The molecule has 0 aliphatic heterocycles. The van der Waals surface area contributed by atoms with Crippen molar-refractivity contribution in [3.05, 3.63) is 95.3 Å². The van der Waals surface area contributed by atoms with Crippen molar-refractivity contribution in [2.24, 2.45) is 0 Å². The van der Waals surface area contributed by atoms with Gasteiger partial charge in [-0.3, -0.25) is 0 Å². The Morgan fingerprint density at radius 3 is 2.41 bits per heavy atom. The van der Waals surface area contributed by atoms with E-state index in [0.29, 0.717) is 0 Å². The van der Waals surface area contributed by atoms with Crippen molar-refractivity contribution in [2.75, 3.05) is 6.61 Å². The molecule has 0 aliphatic carbocycles. The third-order valence-electron chi connectivity index (χ3n) is 5.41. The molecular weight excluding hydrogens is 356 g/mol. The number of unbranched alkanes of at least 4 members (excludes halogenated alkanes) is 1. The minimum Gasteiger partial charge on any atom is -0.494 e. The Morgan fingerprint density at radius 2 is 1.59 bits per heavy atom. The first-order chi connectivity index (χ1) is 14.2. The van der Waals surface area contributed by atoms with Crippen molar-refractivity contribution in [3.8, 4) is 5.75 Å². The van der Waals surface area contributed by atoms with E-state index < -0.39 is 0 Å². The van der Waals surface area contributed by atoms with Gasteiger partial charge in [-0.05, 0) is 62.1 Å². The molecule has 4 aromatic rings. The second-order valence-corrected chi connectivity index (χ2v) is 7.64. The summed E-state index contributed by atoms with van der Waals surface area (Å²) in [5, 5.41) is 0. The van der Waals surface area contributed by atoms with Crippen LogP contribution in [0.3, 0.4) is 0 Å². The summed E-state index contributed by atoms with van der Waals surface area (Å²) in [4.78, 5) is 4.94. The van der Waals surface area contributed by atoms with Gasteiger partial charge in [0.15, 0.2) is 0 Å². The number of imidazole rings is 1. The summed E-state index contributed by atoms with van der Waals surface area (Å²) < 4.78 is 8.27. The van der Waals surface area contributed by atoms with Crippen LogP contribution in [-0.2, 0) is 13.0 Å². The fraction of sp³-hybridized carbons (Fsp3) is 0.269. The molecule has 148 valence electrons. The molecule has 0 aliphatic rings. The lowest BCUT2D eigenvalue weighted by Crippen LogP contribution is -2.07. The highest BCUT2D eigenvalue weighted by Gasteiger charge is 2.11. The molecule has 29 heavy (non-hydrogen) atoms. The van der Waals surface area contributed by atoms with E-state index in [9.17, 15) is 0 Å². The van der Waals surface area contributed by atoms with Gasteiger partial charge in [0.05, 0.1) is 17.6 Å². The summed E-state index contributed by atoms with van der Waals surface area (Å²) in [6.07, 6.45) is 2.94. The van der Waals surface area contributed by atoms with E-state index in [-0.39, 0.29) is 0 Å². The number of ether oxygens (including phenoxy) is 1. The zero-order chi connectivity index (χ0) is 20.1. The van der Waals surface area contributed by atoms with E-state index >= 15 is 0 Å². The average molecular weight is 385 g/mol. The number of para-hydroxylation sites is 2. The largest absolute Gasteiger partial charge is 0.494 e. The molecule has 0 atom stereocenters. The number of fused-ring (bicyclic) bond motifs is 1. The first kappa shape index (κ1) is 19.3. The molecule has 0 radical (unpaired) electrons. The Bertz CT molecular complexity index is 1080. The van der Waals surface area contributed by atoms with Crippen LogP contribution >= 0.6 is 0 Å². The van der Waals surface area contributed by atoms with E-state index in [1.54, 1.807) is 0 Å². The van der Waals surface area contributed by atoms with Crippen LogP contribution in [0.15, 0.2) is 72.8 Å². The van der Waals surface area contributed by atoms with Gasteiger partial charge in [0.25, 0.3) is 0 Å². The van der Waals surface area contributed by atoms with Gasteiger partial charge in [0.1, 0.15) is 11.6 Å². The number of nitrogens with zero attached hydrogens (tertiary/aromatic N) is 2. The summed E-state index contributed by atoms with van der Waals surface area (Å²) in [7, 11) is 0. The second kappa shape index (κ2) is 8.95. The molecular formula is C26H28N2O. The van der Waals surface area contributed by atoms with Crippen molar-refractivity contribution in [1.82, 2.24) is 9.55 Å². The topological polar surface area (TPSA) is 27.1 Å². The van der Waals surface area contributed by atoms with E-state index in [0.717, 1.165) is 49.5 Å². The summed E-state index contributed by atoms with van der Waals surface area (Å²) in [5.41, 5.74) is 6.21.